The second-order valence-electron chi connectivity index (χ2n) is 7.15. The number of amides is 1. The number of fused-ring (bicyclic) bond motifs is 2. The van der Waals surface area contributed by atoms with Gasteiger partial charge in [-0.05, 0) is 35.4 Å². The van der Waals surface area contributed by atoms with E-state index < -0.39 is 15.4 Å². The molecular formula is C18H19N3O3S. The number of rotatable bonds is 2. The first-order valence-corrected chi connectivity index (χ1v) is 9.58. The average Bonchev–Trinajstić information content (AvgIpc) is 2.99. The van der Waals surface area contributed by atoms with Gasteiger partial charge in [0, 0.05) is 16.8 Å². The number of hydrogen-bond donors (Lipinski definition) is 3. The second kappa shape index (κ2) is 5.06. The topological polar surface area (TPSA) is 101 Å². The number of carbonyl (C=O) groups is 1. The van der Waals surface area contributed by atoms with Crippen LogP contribution in [-0.4, -0.2) is 20.4 Å². The number of nitrogens with two attached hydrogens (primary N) is 1. The third-order valence-corrected chi connectivity index (χ3v) is 6.18. The number of carbonyl (C=O) groups excluding carboxylic acids is 1. The van der Waals surface area contributed by atoms with Crippen molar-refractivity contribution in [3.63, 3.8) is 0 Å². The van der Waals surface area contributed by atoms with Crippen LogP contribution in [0, 0.1) is 0 Å². The first-order chi connectivity index (χ1) is 11.7. The molecule has 0 saturated carbocycles. The first kappa shape index (κ1) is 16.1. The van der Waals surface area contributed by atoms with E-state index in [1.807, 2.05) is 38.1 Å². The molecule has 1 amide bonds. The molecule has 2 aromatic carbocycles. The SMILES string of the molecule is CC1(C)c2cc(S(N)(=O)=O)ccc2NC1C1C(=O)Nc2ccccc21. The molecule has 2 heterocycles. The van der Waals surface area contributed by atoms with Crippen LogP contribution in [0.2, 0.25) is 0 Å². The van der Waals surface area contributed by atoms with E-state index in [2.05, 4.69) is 10.6 Å². The Morgan fingerprint density at radius 1 is 1.08 bits per heavy atom. The van der Waals surface area contributed by atoms with Gasteiger partial charge in [0.25, 0.3) is 0 Å². The lowest BCUT2D eigenvalue weighted by Gasteiger charge is -2.31. The van der Waals surface area contributed by atoms with Gasteiger partial charge in [0.1, 0.15) is 0 Å². The molecule has 2 aliphatic rings. The molecule has 2 aliphatic heterocycles. The fourth-order valence-electron chi connectivity index (χ4n) is 3.94. The summed E-state index contributed by atoms with van der Waals surface area (Å²) in [6.07, 6.45) is 0. The number of sulfonamides is 1. The first-order valence-electron chi connectivity index (χ1n) is 8.03. The Morgan fingerprint density at radius 3 is 2.52 bits per heavy atom. The zero-order valence-electron chi connectivity index (χ0n) is 13.9. The maximum atomic E-state index is 12.6. The number of primary sulfonamides is 1. The number of hydrogen-bond acceptors (Lipinski definition) is 4. The smallest absolute Gasteiger partial charge is 0.238 e. The molecule has 0 aromatic heterocycles. The molecule has 0 spiro atoms. The maximum absolute atomic E-state index is 12.6. The van der Waals surface area contributed by atoms with Crippen LogP contribution in [0.5, 0.6) is 0 Å². The highest BCUT2D eigenvalue weighted by atomic mass is 32.2. The van der Waals surface area contributed by atoms with Gasteiger partial charge in [0.05, 0.1) is 16.9 Å². The highest BCUT2D eigenvalue weighted by molar-refractivity contribution is 7.89. The van der Waals surface area contributed by atoms with Crippen molar-refractivity contribution in [3.8, 4) is 0 Å². The normalized spacial score (nSPS) is 23.6. The summed E-state index contributed by atoms with van der Waals surface area (Å²) in [6, 6.07) is 12.3. The summed E-state index contributed by atoms with van der Waals surface area (Å²) < 4.78 is 23.4. The molecule has 2 unspecified atom stereocenters. The molecule has 7 heteroatoms. The average molecular weight is 357 g/mol. The van der Waals surface area contributed by atoms with Crippen molar-refractivity contribution < 1.29 is 13.2 Å². The summed E-state index contributed by atoms with van der Waals surface area (Å²) in [5.41, 5.74) is 3.02. The van der Waals surface area contributed by atoms with Crippen molar-refractivity contribution in [1.29, 1.82) is 0 Å². The van der Waals surface area contributed by atoms with E-state index in [-0.39, 0.29) is 22.8 Å². The van der Waals surface area contributed by atoms with Crippen molar-refractivity contribution in [2.45, 2.75) is 36.1 Å². The monoisotopic (exact) mass is 357 g/mol. The van der Waals surface area contributed by atoms with Crippen LogP contribution in [0.15, 0.2) is 47.4 Å². The van der Waals surface area contributed by atoms with Crippen molar-refractivity contribution >= 4 is 27.3 Å². The third kappa shape index (κ3) is 2.34. The van der Waals surface area contributed by atoms with Crippen molar-refractivity contribution in [2.24, 2.45) is 5.14 Å². The Balaban J connectivity index is 1.80. The fourth-order valence-corrected chi connectivity index (χ4v) is 4.48. The molecule has 0 fully saturated rings. The van der Waals surface area contributed by atoms with Crippen LogP contribution in [0.3, 0.4) is 0 Å². The Labute approximate surface area is 146 Å². The summed E-state index contributed by atoms with van der Waals surface area (Å²) in [7, 11) is -3.78. The standard InChI is InChI=1S/C18H19N3O3S/c1-18(2)12-9-10(25(19,23)24)7-8-14(12)20-16(18)15-11-5-3-4-6-13(11)21-17(15)22/h3-9,15-16,20H,1-2H3,(H,21,22)(H2,19,23,24). The van der Waals surface area contributed by atoms with Gasteiger partial charge in [-0.2, -0.15) is 0 Å². The lowest BCUT2D eigenvalue weighted by Crippen LogP contribution is -2.41. The van der Waals surface area contributed by atoms with Gasteiger partial charge in [-0.25, -0.2) is 13.6 Å². The van der Waals surface area contributed by atoms with E-state index >= 15 is 0 Å². The van der Waals surface area contributed by atoms with Gasteiger partial charge in [-0.15, -0.1) is 0 Å². The summed E-state index contributed by atoms with van der Waals surface area (Å²) in [6.45, 7) is 4.02. The zero-order valence-corrected chi connectivity index (χ0v) is 14.7. The molecule has 4 N–H and O–H groups in total. The molecular weight excluding hydrogens is 338 g/mol. The van der Waals surface area contributed by atoms with Crippen molar-refractivity contribution in [3.05, 3.63) is 53.6 Å². The van der Waals surface area contributed by atoms with Crippen molar-refractivity contribution in [2.75, 3.05) is 10.6 Å². The Morgan fingerprint density at radius 2 is 1.80 bits per heavy atom. The van der Waals surface area contributed by atoms with Crippen LogP contribution in [0.4, 0.5) is 11.4 Å². The number of anilines is 2. The van der Waals surface area contributed by atoms with E-state index in [0.29, 0.717) is 0 Å². The van der Waals surface area contributed by atoms with Crippen LogP contribution >= 0.6 is 0 Å². The van der Waals surface area contributed by atoms with Gasteiger partial charge in [0.15, 0.2) is 0 Å². The van der Waals surface area contributed by atoms with Crippen LogP contribution in [0.25, 0.3) is 0 Å². The predicted octanol–water partition coefficient (Wildman–Crippen LogP) is 2.14. The zero-order chi connectivity index (χ0) is 18.0. The van der Waals surface area contributed by atoms with E-state index in [9.17, 15) is 13.2 Å². The molecule has 130 valence electrons. The molecule has 0 saturated heterocycles. The fraction of sp³-hybridized carbons (Fsp3) is 0.278. The molecule has 25 heavy (non-hydrogen) atoms. The van der Waals surface area contributed by atoms with Crippen LogP contribution in [-0.2, 0) is 20.2 Å². The number of benzene rings is 2. The predicted molar refractivity (Wildman–Crippen MR) is 96.1 cm³/mol. The van der Waals surface area contributed by atoms with Crippen LogP contribution < -0.4 is 15.8 Å². The Kier molecular flexibility index (Phi) is 3.26. The number of nitrogens with one attached hydrogen (secondary N) is 2. The van der Waals surface area contributed by atoms with E-state index in [1.165, 1.54) is 6.07 Å². The lowest BCUT2D eigenvalue weighted by atomic mass is 9.73. The molecule has 2 aromatic rings. The highest BCUT2D eigenvalue weighted by Crippen LogP contribution is 2.49. The minimum absolute atomic E-state index is 0.0498. The lowest BCUT2D eigenvalue weighted by molar-refractivity contribution is -0.117. The highest BCUT2D eigenvalue weighted by Gasteiger charge is 2.49. The molecule has 0 radical (unpaired) electrons. The molecule has 0 bridgehead atoms. The Hall–Kier alpha value is -2.38. The van der Waals surface area contributed by atoms with Gasteiger partial charge in [-0.1, -0.05) is 32.0 Å². The minimum Gasteiger partial charge on any atom is -0.380 e. The van der Waals surface area contributed by atoms with Crippen molar-refractivity contribution in [1.82, 2.24) is 0 Å². The Bertz CT molecular complexity index is 998. The summed E-state index contributed by atoms with van der Waals surface area (Å²) in [5.74, 6) is -0.400. The maximum Gasteiger partial charge on any atom is 0.238 e. The third-order valence-electron chi connectivity index (χ3n) is 5.27. The summed E-state index contributed by atoms with van der Waals surface area (Å²) >= 11 is 0. The largest absolute Gasteiger partial charge is 0.380 e. The van der Waals surface area contributed by atoms with Gasteiger partial charge < -0.3 is 10.6 Å². The second-order valence-corrected chi connectivity index (χ2v) is 8.71. The molecule has 6 nitrogen and oxygen atoms in total. The minimum atomic E-state index is -3.78. The van der Waals surface area contributed by atoms with E-state index in [4.69, 9.17) is 5.14 Å². The number of para-hydroxylation sites is 1. The summed E-state index contributed by atoms with van der Waals surface area (Å²) in [5, 5.41) is 11.6. The summed E-state index contributed by atoms with van der Waals surface area (Å²) in [4.78, 5) is 12.7. The molecule has 0 aliphatic carbocycles. The molecule has 2 atom stereocenters. The molecule has 4 rings (SSSR count). The van der Waals surface area contributed by atoms with Crippen LogP contribution in [0.1, 0.15) is 30.9 Å². The van der Waals surface area contributed by atoms with E-state index in [1.54, 1.807) is 12.1 Å². The van der Waals surface area contributed by atoms with Gasteiger partial charge in [0.2, 0.25) is 15.9 Å². The van der Waals surface area contributed by atoms with Gasteiger partial charge in [-0.3, -0.25) is 4.79 Å². The quantitative estimate of drug-likeness (QED) is 0.766. The van der Waals surface area contributed by atoms with Gasteiger partial charge >= 0.3 is 0 Å². The van der Waals surface area contributed by atoms with E-state index in [0.717, 1.165) is 22.5 Å².